The topological polar surface area (TPSA) is 20.3 Å². The summed E-state index contributed by atoms with van der Waals surface area (Å²) in [7, 11) is 0. The van der Waals surface area contributed by atoms with Gasteiger partial charge in [0.05, 0.1) is 5.56 Å². The molecule has 0 aromatic heterocycles. The van der Waals surface area contributed by atoms with Crippen molar-refractivity contribution in [2.24, 2.45) is 0 Å². The molecule has 0 saturated carbocycles. The van der Waals surface area contributed by atoms with E-state index < -0.39 is 0 Å². The molecule has 1 aliphatic rings. The van der Waals surface area contributed by atoms with Crippen LogP contribution < -0.4 is 0 Å². The average Bonchev–Trinajstić information content (AvgIpc) is 2.54. The molecule has 2 rings (SSSR count). The number of hydrogen-bond donors (Lipinski definition) is 0. The highest BCUT2D eigenvalue weighted by molar-refractivity contribution is 9.10. The zero-order chi connectivity index (χ0) is 12.3. The highest BCUT2D eigenvalue weighted by atomic mass is 79.9. The van der Waals surface area contributed by atoms with E-state index in [1.807, 2.05) is 29.2 Å². The summed E-state index contributed by atoms with van der Waals surface area (Å²) in [6, 6.07) is 8.03. The van der Waals surface area contributed by atoms with Crippen molar-refractivity contribution in [3.63, 3.8) is 0 Å². The third-order valence-corrected chi connectivity index (χ3v) is 4.11. The zero-order valence-corrected chi connectivity index (χ0v) is 11.7. The van der Waals surface area contributed by atoms with Gasteiger partial charge in [0.15, 0.2) is 0 Å². The van der Waals surface area contributed by atoms with Crippen molar-refractivity contribution in [1.82, 2.24) is 4.90 Å². The summed E-state index contributed by atoms with van der Waals surface area (Å²) in [5.41, 5.74) is 0.779. The monoisotopic (exact) mass is 295 g/mol. The summed E-state index contributed by atoms with van der Waals surface area (Å²) in [5, 5.41) is 0. The Bertz CT molecular complexity index is 405. The standard InChI is InChI=1S/C14H18BrNO/c1-11-7-3-2-6-10-16(11)14(17)12-8-4-5-9-13(12)15/h4-5,8-9,11H,2-3,6-7,10H2,1H3. The number of rotatable bonds is 1. The normalized spacial score (nSPS) is 21.1. The molecule has 1 aliphatic heterocycles. The number of nitrogens with zero attached hydrogens (tertiary/aromatic N) is 1. The van der Waals surface area contributed by atoms with E-state index in [4.69, 9.17) is 0 Å². The van der Waals surface area contributed by atoms with Crippen LogP contribution in [0.5, 0.6) is 0 Å². The van der Waals surface area contributed by atoms with Crippen LogP contribution in [0.4, 0.5) is 0 Å². The van der Waals surface area contributed by atoms with Crippen molar-refractivity contribution in [3.05, 3.63) is 34.3 Å². The predicted molar refractivity (Wildman–Crippen MR) is 73.1 cm³/mol. The third-order valence-electron chi connectivity index (χ3n) is 3.42. The quantitative estimate of drug-likeness (QED) is 0.770. The fraction of sp³-hybridized carbons (Fsp3) is 0.500. The third kappa shape index (κ3) is 2.89. The van der Waals surface area contributed by atoms with Gasteiger partial charge in [-0.25, -0.2) is 0 Å². The number of carbonyl (C=O) groups excluding carboxylic acids is 1. The van der Waals surface area contributed by atoms with Crippen LogP contribution in [0.15, 0.2) is 28.7 Å². The van der Waals surface area contributed by atoms with Gasteiger partial charge in [0, 0.05) is 17.1 Å². The van der Waals surface area contributed by atoms with Crippen LogP contribution in [-0.2, 0) is 0 Å². The molecule has 1 amide bonds. The van der Waals surface area contributed by atoms with Crippen LogP contribution in [0.2, 0.25) is 0 Å². The molecule has 1 heterocycles. The highest BCUT2D eigenvalue weighted by Crippen LogP contribution is 2.22. The molecule has 1 fully saturated rings. The Balaban J connectivity index is 2.21. The molecule has 0 aliphatic carbocycles. The lowest BCUT2D eigenvalue weighted by Gasteiger charge is -2.27. The van der Waals surface area contributed by atoms with Crippen molar-refractivity contribution >= 4 is 21.8 Å². The molecule has 0 bridgehead atoms. The van der Waals surface area contributed by atoms with Crippen LogP contribution in [-0.4, -0.2) is 23.4 Å². The molecule has 1 aromatic rings. The van der Waals surface area contributed by atoms with Gasteiger partial charge < -0.3 is 4.90 Å². The molecule has 0 radical (unpaired) electrons. The van der Waals surface area contributed by atoms with Crippen molar-refractivity contribution < 1.29 is 4.79 Å². The Morgan fingerprint density at radius 1 is 1.29 bits per heavy atom. The molecule has 17 heavy (non-hydrogen) atoms. The van der Waals surface area contributed by atoms with Crippen LogP contribution in [0, 0.1) is 0 Å². The summed E-state index contributed by atoms with van der Waals surface area (Å²) in [6.07, 6.45) is 4.72. The van der Waals surface area contributed by atoms with E-state index in [-0.39, 0.29) is 5.91 Å². The molecule has 0 N–H and O–H groups in total. The van der Waals surface area contributed by atoms with Crippen LogP contribution in [0.3, 0.4) is 0 Å². The van der Waals surface area contributed by atoms with E-state index >= 15 is 0 Å². The smallest absolute Gasteiger partial charge is 0.255 e. The Morgan fingerprint density at radius 2 is 2.06 bits per heavy atom. The van der Waals surface area contributed by atoms with Crippen LogP contribution in [0.1, 0.15) is 43.0 Å². The molecule has 1 aromatic carbocycles. The van der Waals surface area contributed by atoms with Gasteiger partial charge >= 0.3 is 0 Å². The average molecular weight is 296 g/mol. The van der Waals surface area contributed by atoms with E-state index in [0.29, 0.717) is 6.04 Å². The lowest BCUT2D eigenvalue weighted by atomic mass is 10.1. The second-order valence-electron chi connectivity index (χ2n) is 4.68. The largest absolute Gasteiger partial charge is 0.336 e. The van der Waals surface area contributed by atoms with E-state index in [1.54, 1.807) is 0 Å². The predicted octanol–water partition coefficient (Wildman–Crippen LogP) is 3.85. The van der Waals surface area contributed by atoms with Crippen molar-refractivity contribution in [2.45, 2.75) is 38.6 Å². The molecule has 2 nitrogen and oxygen atoms in total. The number of likely N-dealkylation sites (tertiary alicyclic amines) is 1. The van der Waals surface area contributed by atoms with E-state index in [2.05, 4.69) is 22.9 Å². The first kappa shape index (κ1) is 12.6. The fourth-order valence-electron chi connectivity index (χ4n) is 2.37. The minimum atomic E-state index is 0.159. The molecular formula is C14H18BrNO. The fourth-order valence-corrected chi connectivity index (χ4v) is 2.82. The van der Waals surface area contributed by atoms with Gasteiger partial charge in [0.25, 0.3) is 5.91 Å². The summed E-state index contributed by atoms with van der Waals surface area (Å²) in [4.78, 5) is 14.5. The van der Waals surface area contributed by atoms with E-state index in [0.717, 1.165) is 29.4 Å². The molecule has 1 atom stereocenters. The zero-order valence-electron chi connectivity index (χ0n) is 10.2. The van der Waals surface area contributed by atoms with Gasteiger partial charge in [-0.1, -0.05) is 25.0 Å². The van der Waals surface area contributed by atoms with Crippen molar-refractivity contribution in [3.8, 4) is 0 Å². The van der Waals surface area contributed by atoms with Crippen molar-refractivity contribution in [1.29, 1.82) is 0 Å². The van der Waals surface area contributed by atoms with Gasteiger partial charge in [-0.2, -0.15) is 0 Å². The number of amides is 1. The Labute approximate surface area is 111 Å². The van der Waals surface area contributed by atoms with Gasteiger partial charge in [0.1, 0.15) is 0 Å². The van der Waals surface area contributed by atoms with Crippen LogP contribution in [0.25, 0.3) is 0 Å². The first-order valence-corrected chi connectivity index (χ1v) is 7.05. The molecule has 1 saturated heterocycles. The second kappa shape index (κ2) is 5.67. The SMILES string of the molecule is CC1CCCCCN1C(=O)c1ccccc1Br. The minimum Gasteiger partial charge on any atom is -0.336 e. The highest BCUT2D eigenvalue weighted by Gasteiger charge is 2.23. The summed E-state index contributed by atoms with van der Waals surface area (Å²) < 4.78 is 0.890. The lowest BCUT2D eigenvalue weighted by Crippen LogP contribution is -2.38. The van der Waals surface area contributed by atoms with Crippen LogP contribution >= 0.6 is 15.9 Å². The molecule has 3 heteroatoms. The maximum atomic E-state index is 12.5. The second-order valence-corrected chi connectivity index (χ2v) is 5.53. The maximum Gasteiger partial charge on any atom is 0.255 e. The van der Waals surface area contributed by atoms with E-state index in [9.17, 15) is 4.79 Å². The Kier molecular flexibility index (Phi) is 4.21. The van der Waals surface area contributed by atoms with E-state index in [1.165, 1.54) is 12.8 Å². The Hall–Kier alpha value is -0.830. The van der Waals surface area contributed by atoms with Gasteiger partial charge in [-0.05, 0) is 47.8 Å². The Morgan fingerprint density at radius 3 is 2.82 bits per heavy atom. The maximum absolute atomic E-state index is 12.5. The summed E-state index contributed by atoms with van der Waals surface area (Å²) >= 11 is 3.46. The molecule has 92 valence electrons. The number of carbonyl (C=O) groups is 1. The number of hydrogen-bond acceptors (Lipinski definition) is 1. The number of benzene rings is 1. The van der Waals surface area contributed by atoms with Gasteiger partial charge in [-0.15, -0.1) is 0 Å². The first-order valence-electron chi connectivity index (χ1n) is 6.25. The lowest BCUT2D eigenvalue weighted by molar-refractivity contribution is 0.0697. The summed E-state index contributed by atoms with van der Waals surface area (Å²) in [5.74, 6) is 0.159. The summed E-state index contributed by atoms with van der Waals surface area (Å²) in [6.45, 7) is 3.04. The molecular weight excluding hydrogens is 278 g/mol. The van der Waals surface area contributed by atoms with Crippen molar-refractivity contribution in [2.75, 3.05) is 6.54 Å². The minimum absolute atomic E-state index is 0.159. The van der Waals surface area contributed by atoms with Gasteiger partial charge in [-0.3, -0.25) is 4.79 Å². The molecule has 0 spiro atoms. The number of halogens is 1. The molecule has 1 unspecified atom stereocenters. The first-order chi connectivity index (χ1) is 8.20. The van der Waals surface area contributed by atoms with Gasteiger partial charge in [0.2, 0.25) is 0 Å².